The summed E-state index contributed by atoms with van der Waals surface area (Å²) in [5.74, 6) is 1.78. The smallest absolute Gasteiger partial charge is 0.213 e. The van der Waals surface area contributed by atoms with Gasteiger partial charge in [0, 0.05) is 31.8 Å². The number of hydrogen-bond acceptors (Lipinski definition) is 8. The fourth-order valence-electron chi connectivity index (χ4n) is 3.93. The second-order valence-corrected chi connectivity index (χ2v) is 8.33. The average molecular weight is 434 g/mol. The number of fused-ring (bicyclic) bond motifs is 1. The normalized spacial score (nSPS) is 17.1. The van der Waals surface area contributed by atoms with Crippen molar-refractivity contribution in [3.05, 3.63) is 53.3 Å². The molecule has 0 radical (unpaired) electrons. The Morgan fingerprint density at radius 3 is 2.88 bits per heavy atom. The highest BCUT2D eigenvalue weighted by Gasteiger charge is 2.24. The summed E-state index contributed by atoms with van der Waals surface area (Å²) in [6.45, 7) is 6.58. The molecular weight excluding hydrogens is 406 g/mol. The van der Waals surface area contributed by atoms with Crippen LogP contribution < -0.4 is 15.6 Å². The number of ketones is 1. The third-order valence-corrected chi connectivity index (χ3v) is 5.79. The van der Waals surface area contributed by atoms with E-state index < -0.39 is 0 Å². The van der Waals surface area contributed by atoms with Crippen molar-refractivity contribution in [1.82, 2.24) is 19.7 Å². The van der Waals surface area contributed by atoms with Crippen LogP contribution >= 0.6 is 0 Å². The molecule has 3 aromatic rings. The molecule has 0 unspecified atom stereocenters. The van der Waals surface area contributed by atoms with Crippen LogP contribution in [0.25, 0.3) is 5.65 Å². The fraction of sp³-hybridized carbons (Fsp3) is 0.391. The Morgan fingerprint density at radius 1 is 1.28 bits per heavy atom. The third-order valence-electron chi connectivity index (χ3n) is 5.79. The summed E-state index contributed by atoms with van der Waals surface area (Å²) in [7, 11) is 0. The van der Waals surface area contributed by atoms with Gasteiger partial charge in [-0.3, -0.25) is 14.6 Å². The van der Waals surface area contributed by atoms with E-state index in [9.17, 15) is 4.79 Å². The number of hydrogen-bond donors (Lipinski definition) is 2. The van der Waals surface area contributed by atoms with Gasteiger partial charge in [0.2, 0.25) is 5.95 Å². The maximum atomic E-state index is 12.7. The van der Waals surface area contributed by atoms with Gasteiger partial charge in [0.25, 0.3) is 0 Å². The number of ether oxygens (including phenoxy) is 1. The van der Waals surface area contributed by atoms with Gasteiger partial charge in [-0.25, -0.2) is 4.98 Å². The number of aromatic nitrogens is 3. The van der Waals surface area contributed by atoms with E-state index in [2.05, 4.69) is 31.8 Å². The molecule has 0 atom stereocenters. The first-order valence-electron chi connectivity index (χ1n) is 11.0. The number of nitrogens with zero attached hydrogens (tertiary/aromatic N) is 5. The van der Waals surface area contributed by atoms with Crippen molar-refractivity contribution in [1.29, 1.82) is 0 Å². The Kier molecular flexibility index (Phi) is 5.83. The predicted octanol–water partition coefficient (Wildman–Crippen LogP) is 2.11. The largest absolute Gasteiger partial charge is 0.378 e. The Labute approximate surface area is 186 Å². The molecule has 1 aromatic carbocycles. The van der Waals surface area contributed by atoms with Crippen LogP contribution in [0.1, 0.15) is 28.0 Å². The Bertz CT molecular complexity index is 1150. The van der Waals surface area contributed by atoms with Crippen molar-refractivity contribution >= 4 is 29.4 Å². The highest BCUT2D eigenvalue weighted by molar-refractivity contribution is 5.95. The van der Waals surface area contributed by atoms with Crippen LogP contribution in [0.5, 0.6) is 0 Å². The minimum atomic E-state index is 0.0695. The van der Waals surface area contributed by atoms with Crippen molar-refractivity contribution < 1.29 is 9.53 Å². The number of imidazole rings is 1. The summed E-state index contributed by atoms with van der Waals surface area (Å²) >= 11 is 0. The Morgan fingerprint density at radius 2 is 2.12 bits per heavy atom. The maximum Gasteiger partial charge on any atom is 0.213 e. The molecule has 2 aliphatic heterocycles. The van der Waals surface area contributed by atoms with Crippen LogP contribution in [0, 0.1) is 12.8 Å². The molecule has 0 aliphatic carbocycles. The molecule has 166 valence electrons. The number of carbonyl (C=O) groups is 1. The summed E-state index contributed by atoms with van der Waals surface area (Å²) < 4.78 is 7.40. The van der Waals surface area contributed by atoms with E-state index in [1.807, 2.05) is 35.6 Å². The highest BCUT2D eigenvalue weighted by Crippen LogP contribution is 2.22. The number of rotatable bonds is 7. The van der Waals surface area contributed by atoms with Gasteiger partial charge in [-0.1, -0.05) is 29.8 Å². The van der Waals surface area contributed by atoms with E-state index in [0.29, 0.717) is 42.7 Å². The van der Waals surface area contributed by atoms with Crippen molar-refractivity contribution in [3.63, 3.8) is 0 Å². The lowest BCUT2D eigenvalue weighted by atomic mass is 9.96. The monoisotopic (exact) mass is 433 g/mol. The van der Waals surface area contributed by atoms with Crippen LogP contribution in [0.4, 0.5) is 11.8 Å². The molecule has 0 spiro atoms. The summed E-state index contributed by atoms with van der Waals surface area (Å²) in [4.78, 5) is 24.3. The number of Topliss-reactive ketones (excluding diaryl/α,β-unsaturated/α-hetero) is 1. The molecule has 0 saturated carbocycles. The fourth-order valence-corrected chi connectivity index (χ4v) is 3.93. The van der Waals surface area contributed by atoms with Crippen molar-refractivity contribution in [2.75, 3.05) is 49.7 Å². The molecule has 9 heteroatoms. The minimum absolute atomic E-state index is 0.0695. The molecule has 2 N–H and O–H groups in total. The quantitative estimate of drug-likeness (QED) is 0.335. The number of aryl methyl sites for hydroxylation is 1. The zero-order valence-electron chi connectivity index (χ0n) is 18.1. The number of benzene rings is 1. The summed E-state index contributed by atoms with van der Waals surface area (Å²) in [5, 5.41) is 7.56. The second-order valence-electron chi connectivity index (χ2n) is 8.33. The average Bonchev–Trinajstić information content (AvgIpc) is 3.21. The molecule has 2 aromatic heterocycles. The zero-order chi connectivity index (χ0) is 21.9. The van der Waals surface area contributed by atoms with E-state index >= 15 is 0 Å². The summed E-state index contributed by atoms with van der Waals surface area (Å²) in [6.07, 6.45) is 4.09. The second kappa shape index (κ2) is 9.05. The lowest BCUT2D eigenvalue weighted by Gasteiger charge is -2.28. The molecule has 0 bridgehead atoms. The van der Waals surface area contributed by atoms with Gasteiger partial charge >= 0.3 is 0 Å². The number of anilines is 2. The van der Waals surface area contributed by atoms with Crippen molar-refractivity contribution in [2.45, 2.75) is 13.3 Å². The Hall–Kier alpha value is -3.30. The standard InChI is InChI=1S/C23H27N7O2/c1-16-3-2-4-17(9-16)14-25-28-21-11-22-26-19(20(31)10-18-12-24-13-18)15-30(22)23(27-21)29-5-7-32-8-6-29/h2-4,9,11,14-15,18,24,28H,5-8,10,12-13H2,1H3/b25-14+. The molecule has 2 aliphatic rings. The highest BCUT2D eigenvalue weighted by atomic mass is 16.5. The Balaban J connectivity index is 1.43. The van der Waals surface area contributed by atoms with Crippen molar-refractivity contribution in [2.24, 2.45) is 11.0 Å². The number of morpholine rings is 1. The molecule has 2 saturated heterocycles. The molecule has 9 nitrogen and oxygen atoms in total. The van der Waals surface area contributed by atoms with E-state index in [1.165, 1.54) is 5.56 Å². The molecule has 5 rings (SSSR count). The topological polar surface area (TPSA) is 96.1 Å². The van der Waals surface area contributed by atoms with Gasteiger partial charge in [-0.15, -0.1) is 0 Å². The number of carbonyl (C=O) groups excluding carboxylic acids is 1. The van der Waals surface area contributed by atoms with Gasteiger partial charge in [0.1, 0.15) is 11.3 Å². The minimum Gasteiger partial charge on any atom is -0.378 e. The SMILES string of the molecule is Cc1cccc(/C=N/Nc2cc3nc(C(=O)CC4CNC4)cn3c(N3CCOCC3)n2)c1. The lowest BCUT2D eigenvalue weighted by Crippen LogP contribution is -2.42. The van der Waals surface area contributed by atoms with Crippen LogP contribution in [0.3, 0.4) is 0 Å². The van der Waals surface area contributed by atoms with Crippen LogP contribution in [0.15, 0.2) is 41.6 Å². The van der Waals surface area contributed by atoms with Crippen LogP contribution in [-0.2, 0) is 4.74 Å². The van der Waals surface area contributed by atoms with Gasteiger partial charge in [-0.2, -0.15) is 10.1 Å². The summed E-state index contributed by atoms with van der Waals surface area (Å²) in [6, 6.07) is 9.93. The first-order chi connectivity index (χ1) is 15.7. The predicted molar refractivity (Wildman–Crippen MR) is 124 cm³/mol. The van der Waals surface area contributed by atoms with Crippen LogP contribution in [-0.4, -0.2) is 65.8 Å². The summed E-state index contributed by atoms with van der Waals surface area (Å²) in [5.41, 5.74) is 6.36. The zero-order valence-corrected chi connectivity index (χ0v) is 18.1. The first kappa shape index (κ1) is 20.6. The molecule has 4 heterocycles. The third kappa shape index (κ3) is 4.49. The van der Waals surface area contributed by atoms with Gasteiger partial charge in [-0.05, 0) is 31.5 Å². The number of hydrazone groups is 1. The number of nitrogens with one attached hydrogen (secondary N) is 2. The van der Waals surface area contributed by atoms with Crippen molar-refractivity contribution in [3.8, 4) is 0 Å². The van der Waals surface area contributed by atoms with Crippen LogP contribution in [0.2, 0.25) is 0 Å². The van der Waals surface area contributed by atoms with Gasteiger partial charge in [0.15, 0.2) is 11.6 Å². The first-order valence-corrected chi connectivity index (χ1v) is 11.0. The maximum absolute atomic E-state index is 12.7. The van der Waals surface area contributed by atoms with E-state index in [1.54, 1.807) is 12.4 Å². The molecular formula is C23H27N7O2. The van der Waals surface area contributed by atoms with Gasteiger partial charge < -0.3 is 15.0 Å². The molecule has 0 amide bonds. The molecule has 2 fully saturated rings. The van der Waals surface area contributed by atoms with E-state index in [0.717, 1.165) is 37.7 Å². The van der Waals surface area contributed by atoms with Gasteiger partial charge in [0.05, 0.1) is 19.4 Å². The van der Waals surface area contributed by atoms with E-state index in [4.69, 9.17) is 9.72 Å². The molecule has 32 heavy (non-hydrogen) atoms. The lowest BCUT2D eigenvalue weighted by molar-refractivity contribution is 0.0941. The van der Waals surface area contributed by atoms with E-state index in [-0.39, 0.29) is 5.78 Å².